The van der Waals surface area contributed by atoms with Crippen molar-refractivity contribution in [2.24, 2.45) is 7.05 Å². The van der Waals surface area contributed by atoms with E-state index in [0.29, 0.717) is 0 Å². The number of hydrogen-bond acceptors (Lipinski definition) is 7. The minimum Gasteiger partial charge on any atom is -0.351 e. The number of rotatable bonds is 6. The maximum Gasteiger partial charge on any atom is 0.225 e. The molecule has 1 aromatic carbocycles. The first-order chi connectivity index (χ1) is 19.1. The molecule has 0 radical (unpaired) electrons. The molecule has 1 aliphatic rings. The maximum absolute atomic E-state index is 13.4. The Bertz CT molecular complexity index is 1500. The predicted octanol–water partition coefficient (Wildman–Crippen LogP) is 4.95. The standard InChI is InChI=1S/C27H28FN9.C2H6/c1-3-24(19-4-6-23(28)7-5-19)21-13-29-27(30-14-21)36-10-8-35(9-11-36)26-25-12-20(17-37(25)33-18-31-26)22-15-32-34(2)16-22;1-2/h4-7,12-18,24H,3,8-11H2,1-2H3;1-2H3. The molecular formula is C29H34FN9. The summed E-state index contributed by atoms with van der Waals surface area (Å²) in [5.41, 5.74) is 5.20. The lowest BCUT2D eigenvalue weighted by atomic mass is 9.91. The molecule has 202 valence electrons. The Hall–Kier alpha value is -4.34. The topological polar surface area (TPSA) is 80.3 Å². The van der Waals surface area contributed by atoms with Gasteiger partial charge in [0.15, 0.2) is 5.82 Å². The fraction of sp³-hybridized carbons (Fsp3) is 0.345. The van der Waals surface area contributed by atoms with Crippen molar-refractivity contribution < 1.29 is 4.39 Å². The molecular weight excluding hydrogens is 493 g/mol. The summed E-state index contributed by atoms with van der Waals surface area (Å²) < 4.78 is 17.0. The van der Waals surface area contributed by atoms with Gasteiger partial charge in [0.05, 0.1) is 6.20 Å². The quantitative estimate of drug-likeness (QED) is 0.309. The average molecular weight is 528 g/mol. The predicted molar refractivity (Wildman–Crippen MR) is 152 cm³/mol. The number of aryl methyl sites for hydroxylation is 1. The second-order valence-corrected chi connectivity index (χ2v) is 9.35. The van der Waals surface area contributed by atoms with Crippen LogP contribution in [-0.2, 0) is 7.05 Å². The SMILES string of the molecule is CC.CCC(c1ccc(F)cc1)c1cnc(N2CCN(c3ncnn4cc(-c5cnn(C)c5)cc34)CC2)nc1. The van der Waals surface area contributed by atoms with E-state index in [2.05, 4.69) is 47.9 Å². The van der Waals surface area contributed by atoms with Crippen LogP contribution >= 0.6 is 0 Å². The van der Waals surface area contributed by atoms with Gasteiger partial charge in [-0.15, -0.1) is 0 Å². The van der Waals surface area contributed by atoms with E-state index in [1.807, 2.05) is 68.5 Å². The van der Waals surface area contributed by atoms with E-state index in [1.54, 1.807) is 11.0 Å². The summed E-state index contributed by atoms with van der Waals surface area (Å²) in [5.74, 6) is 1.57. The number of anilines is 2. The highest BCUT2D eigenvalue weighted by molar-refractivity contribution is 5.77. The van der Waals surface area contributed by atoms with Gasteiger partial charge >= 0.3 is 0 Å². The molecule has 1 fully saturated rings. The Morgan fingerprint density at radius 1 is 0.821 bits per heavy atom. The number of hydrogen-bond donors (Lipinski definition) is 0. The van der Waals surface area contributed by atoms with Crippen LogP contribution in [0.25, 0.3) is 16.6 Å². The molecule has 0 N–H and O–H groups in total. The van der Waals surface area contributed by atoms with Crippen molar-refractivity contribution in [1.29, 1.82) is 0 Å². The summed E-state index contributed by atoms with van der Waals surface area (Å²) in [6, 6.07) is 8.81. The van der Waals surface area contributed by atoms with Gasteiger partial charge in [-0.3, -0.25) is 4.68 Å². The van der Waals surface area contributed by atoms with E-state index in [0.717, 1.165) is 72.1 Å². The van der Waals surface area contributed by atoms with Crippen LogP contribution in [0.5, 0.6) is 0 Å². The van der Waals surface area contributed by atoms with Gasteiger partial charge in [-0.1, -0.05) is 32.9 Å². The van der Waals surface area contributed by atoms with E-state index < -0.39 is 0 Å². The number of nitrogens with zero attached hydrogens (tertiary/aromatic N) is 9. The molecule has 9 nitrogen and oxygen atoms in total. The highest BCUT2D eigenvalue weighted by Gasteiger charge is 2.23. The number of fused-ring (bicyclic) bond motifs is 1. The molecule has 0 saturated carbocycles. The smallest absolute Gasteiger partial charge is 0.225 e. The molecule has 1 unspecified atom stereocenters. The molecule has 5 aromatic rings. The first-order valence-electron chi connectivity index (χ1n) is 13.5. The lowest BCUT2D eigenvalue weighted by molar-refractivity contribution is 0.625. The third-order valence-electron chi connectivity index (χ3n) is 7.03. The monoisotopic (exact) mass is 527 g/mol. The molecule has 4 aromatic heterocycles. The second kappa shape index (κ2) is 11.6. The summed E-state index contributed by atoms with van der Waals surface area (Å²) in [6.45, 7) is 9.31. The van der Waals surface area contributed by atoms with Gasteiger partial charge < -0.3 is 9.80 Å². The summed E-state index contributed by atoms with van der Waals surface area (Å²) in [7, 11) is 1.91. The molecule has 5 heterocycles. The van der Waals surface area contributed by atoms with Crippen LogP contribution in [0.4, 0.5) is 16.2 Å². The molecule has 39 heavy (non-hydrogen) atoms. The van der Waals surface area contributed by atoms with Crippen molar-refractivity contribution in [3.05, 3.63) is 84.6 Å². The molecule has 1 aliphatic heterocycles. The fourth-order valence-electron chi connectivity index (χ4n) is 5.04. The van der Waals surface area contributed by atoms with Crippen LogP contribution in [-0.4, -0.2) is 60.5 Å². The fourth-order valence-corrected chi connectivity index (χ4v) is 5.04. The number of aromatic nitrogens is 7. The van der Waals surface area contributed by atoms with Gasteiger partial charge in [0.2, 0.25) is 5.95 Å². The van der Waals surface area contributed by atoms with Crippen LogP contribution < -0.4 is 9.80 Å². The minimum absolute atomic E-state index is 0.144. The van der Waals surface area contributed by atoms with Gasteiger partial charge in [0, 0.05) is 75.1 Å². The zero-order valence-electron chi connectivity index (χ0n) is 22.9. The number of halogens is 1. The molecule has 0 bridgehead atoms. The minimum atomic E-state index is -0.224. The highest BCUT2D eigenvalue weighted by atomic mass is 19.1. The summed E-state index contributed by atoms with van der Waals surface area (Å²) in [6.07, 6.45) is 12.2. The average Bonchev–Trinajstić information content (AvgIpc) is 3.62. The van der Waals surface area contributed by atoms with Crippen molar-refractivity contribution in [2.75, 3.05) is 36.0 Å². The van der Waals surface area contributed by atoms with Crippen LogP contribution in [0.3, 0.4) is 0 Å². The van der Waals surface area contributed by atoms with Crippen LogP contribution in [0.15, 0.2) is 67.6 Å². The van der Waals surface area contributed by atoms with Crippen molar-refractivity contribution in [3.63, 3.8) is 0 Å². The third-order valence-corrected chi connectivity index (χ3v) is 7.03. The van der Waals surface area contributed by atoms with E-state index in [-0.39, 0.29) is 11.7 Å². The van der Waals surface area contributed by atoms with Crippen LogP contribution in [0.1, 0.15) is 44.2 Å². The zero-order chi connectivity index (χ0) is 27.4. The first-order valence-corrected chi connectivity index (χ1v) is 13.5. The zero-order valence-corrected chi connectivity index (χ0v) is 22.9. The lowest BCUT2D eigenvalue weighted by Crippen LogP contribution is -2.47. The van der Waals surface area contributed by atoms with Crippen LogP contribution in [0.2, 0.25) is 0 Å². The second-order valence-electron chi connectivity index (χ2n) is 9.35. The van der Waals surface area contributed by atoms with Crippen molar-refractivity contribution in [1.82, 2.24) is 34.3 Å². The van der Waals surface area contributed by atoms with E-state index in [1.165, 1.54) is 12.1 Å². The Kier molecular flexibility index (Phi) is 7.81. The molecule has 10 heteroatoms. The van der Waals surface area contributed by atoms with Crippen molar-refractivity contribution >= 4 is 17.3 Å². The molecule has 0 aliphatic carbocycles. The van der Waals surface area contributed by atoms with E-state index >= 15 is 0 Å². The third kappa shape index (κ3) is 5.45. The molecule has 0 amide bonds. The van der Waals surface area contributed by atoms with Gasteiger partial charge in [0.25, 0.3) is 0 Å². The molecule has 6 rings (SSSR count). The van der Waals surface area contributed by atoms with E-state index in [9.17, 15) is 4.39 Å². The largest absolute Gasteiger partial charge is 0.351 e. The normalized spacial score (nSPS) is 14.3. The van der Waals surface area contributed by atoms with Crippen molar-refractivity contribution in [2.45, 2.75) is 33.1 Å². The Labute approximate surface area is 228 Å². The van der Waals surface area contributed by atoms with Gasteiger partial charge in [-0.05, 0) is 35.7 Å². The summed E-state index contributed by atoms with van der Waals surface area (Å²) >= 11 is 0. The number of benzene rings is 1. The van der Waals surface area contributed by atoms with Gasteiger partial charge in [0.1, 0.15) is 17.7 Å². The van der Waals surface area contributed by atoms with E-state index in [4.69, 9.17) is 0 Å². The number of piperazine rings is 1. The summed E-state index contributed by atoms with van der Waals surface area (Å²) in [4.78, 5) is 18.5. The Morgan fingerprint density at radius 3 is 2.15 bits per heavy atom. The summed E-state index contributed by atoms with van der Waals surface area (Å²) in [5, 5.41) is 8.69. The first kappa shape index (κ1) is 26.3. The maximum atomic E-state index is 13.4. The van der Waals surface area contributed by atoms with Crippen molar-refractivity contribution in [3.8, 4) is 11.1 Å². The van der Waals surface area contributed by atoms with Gasteiger partial charge in [-0.25, -0.2) is 23.9 Å². The molecule has 0 spiro atoms. The molecule has 1 atom stereocenters. The highest BCUT2D eigenvalue weighted by Crippen LogP contribution is 2.29. The Balaban J connectivity index is 0.00000151. The molecule has 1 saturated heterocycles. The van der Waals surface area contributed by atoms with Crippen LogP contribution in [0, 0.1) is 5.82 Å². The van der Waals surface area contributed by atoms with Gasteiger partial charge in [-0.2, -0.15) is 10.2 Å². The Morgan fingerprint density at radius 2 is 1.51 bits per heavy atom. The lowest BCUT2D eigenvalue weighted by Gasteiger charge is -2.35.